The van der Waals surface area contributed by atoms with Gasteiger partial charge in [0.15, 0.2) is 0 Å². The van der Waals surface area contributed by atoms with Gasteiger partial charge in [0.2, 0.25) is 5.91 Å². The van der Waals surface area contributed by atoms with Crippen molar-refractivity contribution in [3.8, 4) is 0 Å². The second-order valence-electron chi connectivity index (χ2n) is 6.30. The SMILES string of the molecule is CCNCc1ccccc1NC(=O)CCCc1ccc2[nH]c(=O)[nH]c2c1.Cl. The number of nitrogens with one attached hydrogen (secondary N) is 4. The first-order valence-corrected chi connectivity index (χ1v) is 8.95. The van der Waals surface area contributed by atoms with Crippen LogP contribution in [0.3, 0.4) is 0 Å². The molecular formula is C20H25ClN4O2. The Morgan fingerprint density at radius 3 is 2.67 bits per heavy atom. The number of hydrogen-bond acceptors (Lipinski definition) is 3. The molecule has 0 saturated carbocycles. The lowest BCUT2D eigenvalue weighted by molar-refractivity contribution is -0.116. The molecule has 6 nitrogen and oxygen atoms in total. The predicted octanol–water partition coefficient (Wildman–Crippen LogP) is 3.35. The summed E-state index contributed by atoms with van der Waals surface area (Å²) in [5, 5.41) is 6.29. The molecule has 0 aliphatic carbocycles. The summed E-state index contributed by atoms with van der Waals surface area (Å²) in [6, 6.07) is 13.7. The Morgan fingerprint density at radius 2 is 1.85 bits per heavy atom. The van der Waals surface area contributed by atoms with Crippen LogP contribution in [-0.2, 0) is 17.8 Å². The molecule has 144 valence electrons. The number of aromatic amines is 2. The van der Waals surface area contributed by atoms with E-state index in [1.54, 1.807) is 0 Å². The minimum atomic E-state index is -0.201. The molecule has 3 aromatic rings. The van der Waals surface area contributed by atoms with Gasteiger partial charge in [-0.1, -0.05) is 31.2 Å². The van der Waals surface area contributed by atoms with Crippen molar-refractivity contribution in [3.63, 3.8) is 0 Å². The van der Waals surface area contributed by atoms with Crippen LogP contribution in [0.2, 0.25) is 0 Å². The first-order valence-electron chi connectivity index (χ1n) is 8.95. The first-order chi connectivity index (χ1) is 12.7. The standard InChI is InChI=1S/C20H24N4O2.ClH/c1-2-21-13-15-7-3-4-8-16(15)22-19(25)9-5-6-14-10-11-17-18(12-14)24-20(26)23-17;/h3-4,7-8,10-12,21H,2,5-6,9,13H2,1H3,(H,22,25)(H2,23,24,26);1H. The zero-order valence-electron chi connectivity index (χ0n) is 15.3. The number of halogens is 1. The fraction of sp³-hybridized carbons (Fsp3) is 0.300. The molecule has 2 aromatic carbocycles. The molecule has 3 rings (SSSR count). The van der Waals surface area contributed by atoms with Crippen molar-refractivity contribution in [3.05, 3.63) is 64.1 Å². The Morgan fingerprint density at radius 1 is 1.07 bits per heavy atom. The summed E-state index contributed by atoms with van der Waals surface area (Å²) in [6.45, 7) is 3.68. The Hall–Kier alpha value is -2.57. The number of H-pyrrole nitrogens is 2. The molecule has 0 spiro atoms. The topological polar surface area (TPSA) is 89.8 Å². The number of hydrogen-bond donors (Lipinski definition) is 4. The highest BCUT2D eigenvalue weighted by molar-refractivity contribution is 5.91. The molecule has 7 heteroatoms. The summed E-state index contributed by atoms with van der Waals surface area (Å²) in [5.74, 6) is 0.0186. The minimum absolute atomic E-state index is 0. The third-order valence-electron chi connectivity index (χ3n) is 4.31. The average molecular weight is 389 g/mol. The third kappa shape index (κ3) is 5.70. The van der Waals surface area contributed by atoms with Gasteiger partial charge < -0.3 is 20.6 Å². The molecule has 0 bridgehead atoms. The second kappa shape index (κ2) is 9.94. The number of aromatic nitrogens is 2. The van der Waals surface area contributed by atoms with Crippen LogP contribution in [0.1, 0.15) is 30.9 Å². The smallest absolute Gasteiger partial charge is 0.323 e. The number of aryl methyl sites for hydroxylation is 1. The molecule has 0 radical (unpaired) electrons. The van der Waals surface area contributed by atoms with E-state index in [4.69, 9.17) is 0 Å². The van der Waals surface area contributed by atoms with Gasteiger partial charge in [0.05, 0.1) is 11.0 Å². The van der Waals surface area contributed by atoms with Gasteiger partial charge in [-0.15, -0.1) is 12.4 Å². The number of imidazole rings is 1. The summed E-state index contributed by atoms with van der Waals surface area (Å²) in [7, 11) is 0. The third-order valence-corrected chi connectivity index (χ3v) is 4.31. The van der Waals surface area contributed by atoms with Crippen LogP contribution in [0.5, 0.6) is 0 Å². The van der Waals surface area contributed by atoms with Crippen molar-refractivity contribution in [2.45, 2.75) is 32.7 Å². The summed E-state index contributed by atoms with van der Waals surface area (Å²) >= 11 is 0. The van der Waals surface area contributed by atoms with Gasteiger partial charge in [-0.3, -0.25) is 4.79 Å². The van der Waals surface area contributed by atoms with Crippen LogP contribution in [0.4, 0.5) is 5.69 Å². The molecule has 0 saturated heterocycles. The van der Waals surface area contributed by atoms with Crippen LogP contribution in [0, 0.1) is 0 Å². The summed E-state index contributed by atoms with van der Waals surface area (Å²) in [4.78, 5) is 29.0. The minimum Gasteiger partial charge on any atom is -0.326 e. The number of benzene rings is 2. The van der Waals surface area contributed by atoms with Gasteiger partial charge in [-0.2, -0.15) is 0 Å². The van der Waals surface area contributed by atoms with Crippen LogP contribution < -0.4 is 16.3 Å². The maximum absolute atomic E-state index is 12.3. The highest BCUT2D eigenvalue weighted by atomic mass is 35.5. The van der Waals surface area contributed by atoms with E-state index >= 15 is 0 Å². The number of rotatable bonds is 8. The van der Waals surface area contributed by atoms with E-state index in [0.717, 1.165) is 53.8 Å². The highest BCUT2D eigenvalue weighted by Crippen LogP contribution is 2.16. The molecule has 1 aromatic heterocycles. The van der Waals surface area contributed by atoms with Gasteiger partial charge in [-0.25, -0.2) is 4.79 Å². The number of amides is 1. The highest BCUT2D eigenvalue weighted by Gasteiger charge is 2.07. The van der Waals surface area contributed by atoms with Crippen LogP contribution in [0.25, 0.3) is 11.0 Å². The van der Waals surface area contributed by atoms with Gasteiger partial charge >= 0.3 is 5.69 Å². The lowest BCUT2D eigenvalue weighted by Crippen LogP contribution is -2.16. The first kappa shape index (κ1) is 20.7. The van der Waals surface area contributed by atoms with Gasteiger partial charge in [-0.05, 0) is 48.7 Å². The number of anilines is 1. The van der Waals surface area contributed by atoms with Gasteiger partial charge in [0, 0.05) is 18.7 Å². The lowest BCUT2D eigenvalue weighted by atomic mass is 10.1. The Kier molecular flexibility index (Phi) is 7.64. The van der Waals surface area contributed by atoms with Crippen LogP contribution >= 0.6 is 12.4 Å². The Balaban J connectivity index is 0.00000261. The van der Waals surface area contributed by atoms with Crippen molar-refractivity contribution >= 4 is 35.0 Å². The molecule has 0 atom stereocenters. The molecule has 4 N–H and O–H groups in total. The fourth-order valence-electron chi connectivity index (χ4n) is 2.96. The molecule has 0 unspecified atom stereocenters. The molecule has 0 aliphatic rings. The van der Waals surface area contributed by atoms with Crippen LogP contribution in [0.15, 0.2) is 47.3 Å². The van der Waals surface area contributed by atoms with Crippen molar-refractivity contribution in [1.82, 2.24) is 15.3 Å². The molecule has 1 amide bonds. The Bertz CT molecular complexity index is 948. The zero-order valence-corrected chi connectivity index (χ0v) is 16.1. The maximum Gasteiger partial charge on any atom is 0.323 e. The second-order valence-corrected chi connectivity index (χ2v) is 6.30. The predicted molar refractivity (Wildman–Crippen MR) is 112 cm³/mol. The van der Waals surface area contributed by atoms with E-state index in [2.05, 4.69) is 27.5 Å². The molecule has 27 heavy (non-hydrogen) atoms. The molecule has 1 heterocycles. The van der Waals surface area contributed by atoms with Gasteiger partial charge in [0.25, 0.3) is 0 Å². The molecule has 0 aliphatic heterocycles. The quantitative estimate of drug-likeness (QED) is 0.477. The number of carbonyl (C=O) groups is 1. The van der Waals surface area contributed by atoms with Gasteiger partial charge in [0.1, 0.15) is 0 Å². The Labute approximate surface area is 164 Å². The summed E-state index contributed by atoms with van der Waals surface area (Å²) in [5.41, 5.74) is 4.46. The summed E-state index contributed by atoms with van der Waals surface area (Å²) in [6.07, 6.45) is 1.99. The molecule has 0 fully saturated rings. The zero-order chi connectivity index (χ0) is 18.4. The van der Waals surface area contributed by atoms with E-state index in [1.165, 1.54) is 0 Å². The molecular weight excluding hydrogens is 364 g/mol. The average Bonchev–Trinajstić information content (AvgIpc) is 3.00. The van der Waals surface area contributed by atoms with E-state index in [9.17, 15) is 9.59 Å². The van der Waals surface area contributed by atoms with Crippen molar-refractivity contribution in [2.24, 2.45) is 0 Å². The normalized spacial score (nSPS) is 10.6. The van der Waals surface area contributed by atoms with E-state index < -0.39 is 0 Å². The maximum atomic E-state index is 12.3. The van der Waals surface area contributed by atoms with E-state index in [-0.39, 0.29) is 24.0 Å². The van der Waals surface area contributed by atoms with E-state index in [0.29, 0.717) is 6.42 Å². The van der Waals surface area contributed by atoms with Crippen molar-refractivity contribution < 1.29 is 4.79 Å². The van der Waals surface area contributed by atoms with Crippen molar-refractivity contribution in [2.75, 3.05) is 11.9 Å². The number of fused-ring (bicyclic) bond motifs is 1. The lowest BCUT2D eigenvalue weighted by Gasteiger charge is -2.11. The van der Waals surface area contributed by atoms with E-state index in [1.807, 2.05) is 42.5 Å². The number of para-hydroxylation sites is 1. The van der Waals surface area contributed by atoms with Crippen LogP contribution in [-0.4, -0.2) is 22.4 Å². The fourth-order valence-corrected chi connectivity index (χ4v) is 2.96. The largest absolute Gasteiger partial charge is 0.326 e. The number of carbonyl (C=O) groups excluding carboxylic acids is 1. The monoisotopic (exact) mass is 388 g/mol. The summed E-state index contributed by atoms with van der Waals surface area (Å²) < 4.78 is 0. The van der Waals surface area contributed by atoms with Crippen molar-refractivity contribution in [1.29, 1.82) is 0 Å².